The van der Waals surface area contributed by atoms with Crippen LogP contribution in [0.2, 0.25) is 0 Å². The van der Waals surface area contributed by atoms with Crippen LogP contribution in [0.3, 0.4) is 0 Å². The molecule has 0 amide bonds. The smallest absolute Gasteiger partial charge is 0.264 e. The number of aromatic nitrogens is 2. The fourth-order valence-electron chi connectivity index (χ4n) is 1.76. The molecule has 0 aliphatic rings. The van der Waals surface area contributed by atoms with E-state index < -0.39 is 0 Å². The zero-order valence-corrected chi connectivity index (χ0v) is 10.0. The van der Waals surface area contributed by atoms with Crippen molar-refractivity contribution in [2.45, 2.75) is 20.4 Å². The first kappa shape index (κ1) is 11.5. The molecular formula is C13H16N3O. The van der Waals surface area contributed by atoms with Crippen LogP contribution < -0.4 is 11.3 Å². The number of benzene rings is 1. The van der Waals surface area contributed by atoms with Crippen LogP contribution in [0.1, 0.15) is 13.8 Å². The Morgan fingerprint density at radius 3 is 2.53 bits per heavy atom. The van der Waals surface area contributed by atoms with Gasteiger partial charge in [0.25, 0.3) is 5.56 Å². The molecule has 2 rings (SSSR count). The number of anilines is 1. The van der Waals surface area contributed by atoms with Crippen LogP contribution in [-0.2, 0) is 6.54 Å². The Kier molecular flexibility index (Phi) is 3.04. The van der Waals surface area contributed by atoms with Crippen molar-refractivity contribution in [2.24, 2.45) is 0 Å². The fraction of sp³-hybridized carbons (Fsp3) is 0.231. The lowest BCUT2D eigenvalue weighted by Gasteiger charge is -2.10. The van der Waals surface area contributed by atoms with E-state index in [-0.39, 0.29) is 5.56 Å². The number of hydrogen-bond acceptors (Lipinski definition) is 2. The first-order valence-electron chi connectivity index (χ1n) is 5.51. The molecule has 89 valence electrons. The van der Waals surface area contributed by atoms with Crippen molar-refractivity contribution < 1.29 is 0 Å². The molecule has 1 radical (unpaired) electrons. The van der Waals surface area contributed by atoms with E-state index >= 15 is 0 Å². The Balaban J connectivity index is 2.43. The van der Waals surface area contributed by atoms with Gasteiger partial charge in [-0.1, -0.05) is 26.0 Å². The van der Waals surface area contributed by atoms with Gasteiger partial charge in [0.1, 0.15) is 0 Å². The van der Waals surface area contributed by atoms with Crippen LogP contribution in [0, 0.1) is 5.92 Å². The third-order valence-electron chi connectivity index (χ3n) is 2.48. The Labute approximate surface area is 100 Å². The van der Waals surface area contributed by atoms with Crippen LogP contribution >= 0.6 is 0 Å². The van der Waals surface area contributed by atoms with Crippen molar-refractivity contribution in [2.75, 3.05) is 5.73 Å². The van der Waals surface area contributed by atoms with Crippen molar-refractivity contribution >= 4 is 5.69 Å². The first-order chi connectivity index (χ1) is 8.06. The monoisotopic (exact) mass is 230 g/mol. The Morgan fingerprint density at radius 2 is 1.94 bits per heavy atom. The Bertz CT molecular complexity index is 549. The summed E-state index contributed by atoms with van der Waals surface area (Å²) in [5.74, 6) is 1.23. The molecule has 0 atom stereocenters. The second kappa shape index (κ2) is 4.49. The van der Waals surface area contributed by atoms with Gasteiger partial charge in [0.2, 0.25) is 0 Å². The number of rotatable bonds is 3. The highest BCUT2D eigenvalue weighted by Gasteiger charge is 2.08. The summed E-state index contributed by atoms with van der Waals surface area (Å²) in [6.07, 6.45) is 0. The maximum absolute atomic E-state index is 11.4. The Morgan fingerprint density at radius 1 is 1.29 bits per heavy atom. The molecular weight excluding hydrogens is 214 g/mol. The molecule has 0 aliphatic carbocycles. The number of aromatic amines is 1. The summed E-state index contributed by atoms with van der Waals surface area (Å²) in [4.78, 5) is 11.4. The molecule has 17 heavy (non-hydrogen) atoms. The number of nitrogens with one attached hydrogen (secondary N) is 1. The van der Waals surface area contributed by atoms with E-state index in [0.717, 1.165) is 16.9 Å². The van der Waals surface area contributed by atoms with Gasteiger partial charge in [-0.25, -0.2) is 0 Å². The molecule has 2 aromatic rings. The summed E-state index contributed by atoms with van der Waals surface area (Å²) in [5.41, 5.74) is 8.15. The second-order valence-electron chi connectivity index (χ2n) is 4.42. The van der Waals surface area contributed by atoms with Crippen molar-refractivity contribution in [3.8, 4) is 11.3 Å². The minimum Gasteiger partial charge on any atom is -0.399 e. The number of hydrogen-bond donors (Lipinski definition) is 2. The highest BCUT2D eigenvalue weighted by molar-refractivity contribution is 5.62. The summed E-state index contributed by atoms with van der Waals surface area (Å²) in [7, 11) is 0. The molecule has 0 spiro atoms. The lowest BCUT2D eigenvalue weighted by atomic mass is 10.1. The SMILES string of the molecule is C[C](C)Cn1[nH]c(=O)cc1-c1ccc(N)cc1. The molecule has 4 heteroatoms. The third-order valence-corrected chi connectivity index (χ3v) is 2.48. The molecule has 4 nitrogen and oxygen atoms in total. The van der Waals surface area contributed by atoms with E-state index in [2.05, 4.69) is 5.10 Å². The fourth-order valence-corrected chi connectivity index (χ4v) is 1.76. The quantitative estimate of drug-likeness (QED) is 0.792. The van der Waals surface area contributed by atoms with Gasteiger partial charge in [0.05, 0.1) is 5.69 Å². The van der Waals surface area contributed by atoms with E-state index in [1.165, 1.54) is 5.92 Å². The molecule has 0 bridgehead atoms. The van der Waals surface area contributed by atoms with Gasteiger partial charge in [0, 0.05) is 18.3 Å². The van der Waals surface area contributed by atoms with Gasteiger partial charge in [-0.15, -0.1) is 0 Å². The van der Waals surface area contributed by atoms with E-state index in [9.17, 15) is 4.79 Å². The van der Waals surface area contributed by atoms with Gasteiger partial charge in [0.15, 0.2) is 0 Å². The highest BCUT2D eigenvalue weighted by atomic mass is 16.1. The molecule has 0 aliphatic heterocycles. The van der Waals surface area contributed by atoms with Crippen LogP contribution in [0.25, 0.3) is 11.3 Å². The van der Waals surface area contributed by atoms with Crippen LogP contribution in [-0.4, -0.2) is 9.78 Å². The first-order valence-corrected chi connectivity index (χ1v) is 5.51. The number of nitrogens with zero attached hydrogens (tertiary/aromatic N) is 1. The zero-order valence-electron chi connectivity index (χ0n) is 10.0. The van der Waals surface area contributed by atoms with Crippen molar-refractivity contribution in [3.05, 3.63) is 46.6 Å². The van der Waals surface area contributed by atoms with Crippen molar-refractivity contribution in [3.63, 3.8) is 0 Å². The lowest BCUT2D eigenvalue weighted by molar-refractivity contribution is 0.630. The summed E-state index contributed by atoms with van der Waals surface area (Å²) in [6, 6.07) is 9.10. The van der Waals surface area contributed by atoms with Crippen molar-refractivity contribution in [1.82, 2.24) is 9.78 Å². The number of nitrogen functional groups attached to an aromatic ring is 1. The van der Waals surface area contributed by atoms with E-state index in [0.29, 0.717) is 6.54 Å². The normalized spacial score (nSPS) is 11.0. The molecule has 0 unspecified atom stereocenters. The highest BCUT2D eigenvalue weighted by Crippen LogP contribution is 2.19. The molecule has 3 N–H and O–H groups in total. The van der Waals surface area contributed by atoms with Gasteiger partial charge in [-0.05, 0) is 23.6 Å². The largest absolute Gasteiger partial charge is 0.399 e. The lowest BCUT2D eigenvalue weighted by Crippen LogP contribution is -2.09. The van der Waals surface area contributed by atoms with Gasteiger partial charge in [-0.2, -0.15) is 0 Å². The van der Waals surface area contributed by atoms with Crippen molar-refractivity contribution in [1.29, 1.82) is 0 Å². The van der Waals surface area contributed by atoms with E-state index in [4.69, 9.17) is 5.73 Å². The third kappa shape index (κ3) is 2.58. The van der Waals surface area contributed by atoms with Gasteiger partial charge >= 0.3 is 0 Å². The maximum atomic E-state index is 11.4. The molecule has 1 aromatic carbocycles. The van der Waals surface area contributed by atoms with Gasteiger partial charge < -0.3 is 5.73 Å². The number of H-pyrrole nitrogens is 1. The predicted molar refractivity (Wildman–Crippen MR) is 69.5 cm³/mol. The minimum absolute atomic E-state index is 0.0851. The van der Waals surface area contributed by atoms with Crippen LogP contribution in [0.15, 0.2) is 35.1 Å². The van der Waals surface area contributed by atoms with E-state index in [1.807, 2.05) is 42.8 Å². The molecule has 1 heterocycles. The van der Waals surface area contributed by atoms with E-state index in [1.54, 1.807) is 6.07 Å². The summed E-state index contributed by atoms with van der Waals surface area (Å²) >= 11 is 0. The average molecular weight is 230 g/mol. The molecule has 1 aromatic heterocycles. The molecule has 0 saturated carbocycles. The zero-order chi connectivity index (χ0) is 12.4. The summed E-state index contributed by atoms with van der Waals surface area (Å²) < 4.78 is 1.85. The summed E-state index contributed by atoms with van der Waals surface area (Å²) in [6.45, 7) is 4.78. The molecule has 0 saturated heterocycles. The summed E-state index contributed by atoms with van der Waals surface area (Å²) in [5, 5.41) is 2.80. The van der Waals surface area contributed by atoms with Gasteiger partial charge in [-0.3, -0.25) is 14.6 Å². The predicted octanol–water partition coefficient (Wildman–Crippen LogP) is 2.04. The minimum atomic E-state index is -0.0851. The molecule has 0 fully saturated rings. The van der Waals surface area contributed by atoms with Crippen LogP contribution in [0.5, 0.6) is 0 Å². The maximum Gasteiger partial charge on any atom is 0.264 e. The Hall–Kier alpha value is -1.97. The second-order valence-corrected chi connectivity index (χ2v) is 4.42. The standard InChI is InChI=1S/C13H16N3O/c1-9(2)8-16-12(7-13(17)15-16)10-3-5-11(14)6-4-10/h3-7H,8,14H2,1-2H3,(H,15,17). The van der Waals surface area contributed by atoms with Crippen LogP contribution in [0.4, 0.5) is 5.69 Å². The average Bonchev–Trinajstić information content (AvgIpc) is 2.59. The number of nitrogens with two attached hydrogens (primary N) is 1. The topological polar surface area (TPSA) is 63.8 Å².